The summed E-state index contributed by atoms with van der Waals surface area (Å²) >= 11 is 1.40. The molecule has 0 saturated carbocycles. The zero-order valence-corrected chi connectivity index (χ0v) is 13.4. The molecule has 2 amide bonds. The number of thiazole rings is 1. The Bertz CT molecular complexity index is 693. The Morgan fingerprint density at radius 3 is 2.57 bits per heavy atom. The van der Waals surface area contributed by atoms with Crippen LogP contribution >= 0.6 is 11.3 Å². The van der Waals surface area contributed by atoms with E-state index in [0.717, 1.165) is 5.69 Å². The molecule has 0 spiro atoms. The molecule has 6 nitrogen and oxygen atoms in total. The van der Waals surface area contributed by atoms with Gasteiger partial charge in [0.05, 0.1) is 0 Å². The van der Waals surface area contributed by atoms with E-state index in [9.17, 15) is 9.59 Å². The lowest BCUT2D eigenvalue weighted by molar-refractivity contribution is -0.123. The number of nitrogens with two attached hydrogens (primary N) is 1. The lowest BCUT2D eigenvalue weighted by Crippen LogP contribution is -2.41. The van der Waals surface area contributed by atoms with Crippen LogP contribution in [0.25, 0.3) is 0 Å². The predicted octanol–water partition coefficient (Wildman–Crippen LogP) is 2.22. The second-order valence-corrected chi connectivity index (χ2v) is 6.36. The third-order valence-electron chi connectivity index (χ3n) is 3.93. The van der Waals surface area contributed by atoms with Crippen LogP contribution in [0.5, 0.6) is 0 Å². The zero-order valence-electron chi connectivity index (χ0n) is 12.6. The molecule has 120 valence electrons. The van der Waals surface area contributed by atoms with Crippen molar-refractivity contribution in [2.45, 2.75) is 12.8 Å². The van der Waals surface area contributed by atoms with Gasteiger partial charge in [0.2, 0.25) is 5.91 Å². The van der Waals surface area contributed by atoms with E-state index in [1.165, 1.54) is 11.3 Å². The normalized spacial score (nSPS) is 15.4. The molecule has 1 aliphatic rings. The summed E-state index contributed by atoms with van der Waals surface area (Å²) in [5.41, 5.74) is 6.68. The Hall–Kier alpha value is -2.41. The van der Waals surface area contributed by atoms with Crippen LogP contribution in [0.2, 0.25) is 0 Å². The fourth-order valence-electron chi connectivity index (χ4n) is 2.60. The van der Waals surface area contributed by atoms with E-state index in [0.29, 0.717) is 36.8 Å². The number of anilines is 2. The Morgan fingerprint density at radius 2 is 1.91 bits per heavy atom. The molecule has 3 rings (SSSR count). The van der Waals surface area contributed by atoms with Gasteiger partial charge in [0.1, 0.15) is 5.69 Å². The van der Waals surface area contributed by atoms with E-state index in [2.05, 4.69) is 10.3 Å². The van der Waals surface area contributed by atoms with Crippen LogP contribution in [0.4, 0.5) is 10.8 Å². The summed E-state index contributed by atoms with van der Waals surface area (Å²) in [7, 11) is 0. The number of rotatable bonds is 4. The maximum absolute atomic E-state index is 12.5. The number of primary amides is 1. The number of benzene rings is 1. The number of amides is 2. The number of carbonyl (C=O) groups is 2. The van der Waals surface area contributed by atoms with E-state index in [1.807, 2.05) is 30.3 Å². The number of likely N-dealkylation sites (tertiary alicyclic amines) is 1. The summed E-state index contributed by atoms with van der Waals surface area (Å²) in [4.78, 5) is 29.7. The first kappa shape index (κ1) is 15.5. The van der Waals surface area contributed by atoms with Crippen LogP contribution in [0.1, 0.15) is 23.3 Å². The van der Waals surface area contributed by atoms with Gasteiger partial charge in [-0.2, -0.15) is 0 Å². The Morgan fingerprint density at radius 1 is 1.22 bits per heavy atom. The van der Waals surface area contributed by atoms with Gasteiger partial charge in [-0.05, 0) is 25.0 Å². The van der Waals surface area contributed by atoms with Crippen molar-refractivity contribution in [2.24, 2.45) is 11.7 Å². The monoisotopic (exact) mass is 330 g/mol. The molecule has 7 heteroatoms. The summed E-state index contributed by atoms with van der Waals surface area (Å²) in [6.07, 6.45) is 1.25. The summed E-state index contributed by atoms with van der Waals surface area (Å²) < 4.78 is 0. The number of carbonyl (C=O) groups excluding carboxylic acids is 2. The van der Waals surface area contributed by atoms with Crippen molar-refractivity contribution in [3.63, 3.8) is 0 Å². The highest BCUT2D eigenvalue weighted by Gasteiger charge is 2.27. The van der Waals surface area contributed by atoms with Crippen molar-refractivity contribution in [3.05, 3.63) is 41.4 Å². The van der Waals surface area contributed by atoms with Gasteiger partial charge in [0.15, 0.2) is 5.13 Å². The third-order valence-corrected chi connectivity index (χ3v) is 4.69. The fraction of sp³-hybridized carbons (Fsp3) is 0.312. The first-order chi connectivity index (χ1) is 11.1. The minimum absolute atomic E-state index is 0.0923. The molecular formula is C16H18N4O2S. The molecule has 3 N–H and O–H groups in total. The minimum Gasteiger partial charge on any atom is -0.369 e. The lowest BCUT2D eigenvalue weighted by atomic mass is 9.96. The standard InChI is InChI=1S/C16H18N4O2S/c17-14(21)11-6-8-20(9-7-11)15(22)13-10-23-16(19-13)18-12-4-2-1-3-5-12/h1-5,10-11H,6-9H2,(H2,17,21)(H,18,19). The molecule has 1 aliphatic heterocycles. The molecule has 0 aliphatic carbocycles. The second kappa shape index (κ2) is 6.78. The van der Waals surface area contributed by atoms with E-state index in [-0.39, 0.29) is 17.7 Å². The molecule has 23 heavy (non-hydrogen) atoms. The molecule has 0 radical (unpaired) electrons. The molecule has 2 aromatic rings. The molecule has 0 unspecified atom stereocenters. The van der Waals surface area contributed by atoms with Crippen molar-refractivity contribution >= 4 is 34.0 Å². The van der Waals surface area contributed by atoms with Crippen LogP contribution in [0.3, 0.4) is 0 Å². The highest BCUT2D eigenvalue weighted by Crippen LogP contribution is 2.23. The third kappa shape index (κ3) is 3.68. The summed E-state index contributed by atoms with van der Waals surface area (Å²) in [6, 6.07) is 9.70. The number of piperidine rings is 1. The molecular weight excluding hydrogens is 312 g/mol. The van der Waals surface area contributed by atoms with Crippen molar-refractivity contribution in [2.75, 3.05) is 18.4 Å². The maximum atomic E-state index is 12.5. The van der Waals surface area contributed by atoms with Crippen LogP contribution in [0.15, 0.2) is 35.7 Å². The average molecular weight is 330 g/mol. The largest absolute Gasteiger partial charge is 0.369 e. The van der Waals surface area contributed by atoms with Crippen molar-refractivity contribution in [3.8, 4) is 0 Å². The molecule has 1 aromatic heterocycles. The highest BCUT2D eigenvalue weighted by atomic mass is 32.1. The molecule has 1 saturated heterocycles. The smallest absolute Gasteiger partial charge is 0.273 e. The average Bonchev–Trinajstić information content (AvgIpc) is 3.03. The fourth-order valence-corrected chi connectivity index (χ4v) is 3.31. The minimum atomic E-state index is -0.278. The van der Waals surface area contributed by atoms with Gasteiger partial charge in [0.25, 0.3) is 5.91 Å². The van der Waals surface area contributed by atoms with Crippen molar-refractivity contribution in [1.82, 2.24) is 9.88 Å². The second-order valence-electron chi connectivity index (χ2n) is 5.50. The van der Waals surface area contributed by atoms with Crippen LogP contribution in [-0.4, -0.2) is 34.8 Å². The van der Waals surface area contributed by atoms with Crippen LogP contribution < -0.4 is 11.1 Å². The van der Waals surface area contributed by atoms with Gasteiger partial charge < -0.3 is 16.0 Å². The summed E-state index contributed by atoms with van der Waals surface area (Å²) in [6.45, 7) is 1.09. The van der Waals surface area contributed by atoms with E-state index in [4.69, 9.17) is 5.73 Å². The topological polar surface area (TPSA) is 88.3 Å². The predicted molar refractivity (Wildman–Crippen MR) is 89.7 cm³/mol. The highest BCUT2D eigenvalue weighted by molar-refractivity contribution is 7.14. The molecule has 1 fully saturated rings. The van der Waals surface area contributed by atoms with E-state index < -0.39 is 0 Å². The number of para-hydroxylation sites is 1. The van der Waals surface area contributed by atoms with Gasteiger partial charge in [-0.15, -0.1) is 11.3 Å². The van der Waals surface area contributed by atoms with Gasteiger partial charge in [-0.3, -0.25) is 9.59 Å². The van der Waals surface area contributed by atoms with Crippen molar-refractivity contribution in [1.29, 1.82) is 0 Å². The van der Waals surface area contributed by atoms with Gasteiger partial charge in [-0.1, -0.05) is 18.2 Å². The molecule has 2 heterocycles. The molecule has 0 bridgehead atoms. The Balaban J connectivity index is 1.62. The first-order valence-electron chi connectivity index (χ1n) is 7.49. The maximum Gasteiger partial charge on any atom is 0.273 e. The zero-order chi connectivity index (χ0) is 16.2. The van der Waals surface area contributed by atoms with Gasteiger partial charge in [-0.25, -0.2) is 4.98 Å². The first-order valence-corrected chi connectivity index (χ1v) is 8.37. The number of hydrogen-bond acceptors (Lipinski definition) is 5. The summed E-state index contributed by atoms with van der Waals surface area (Å²) in [5, 5.41) is 5.62. The SMILES string of the molecule is NC(=O)C1CCN(C(=O)c2csc(Nc3ccccc3)n2)CC1. The van der Waals surface area contributed by atoms with Crippen LogP contribution in [0, 0.1) is 5.92 Å². The van der Waals surface area contributed by atoms with Gasteiger partial charge in [0, 0.05) is 30.1 Å². The van der Waals surface area contributed by atoms with E-state index in [1.54, 1.807) is 10.3 Å². The lowest BCUT2D eigenvalue weighted by Gasteiger charge is -2.30. The molecule has 0 atom stereocenters. The number of nitrogens with one attached hydrogen (secondary N) is 1. The van der Waals surface area contributed by atoms with Crippen LogP contribution in [-0.2, 0) is 4.79 Å². The summed E-state index contributed by atoms with van der Waals surface area (Å²) in [5.74, 6) is -0.491. The van der Waals surface area contributed by atoms with Gasteiger partial charge >= 0.3 is 0 Å². The van der Waals surface area contributed by atoms with Crippen molar-refractivity contribution < 1.29 is 9.59 Å². The molecule has 1 aromatic carbocycles. The quantitative estimate of drug-likeness (QED) is 0.900. The Labute approximate surface area is 138 Å². The van der Waals surface area contributed by atoms with E-state index >= 15 is 0 Å². The number of aromatic nitrogens is 1. The Kier molecular flexibility index (Phi) is 4.57. The number of hydrogen-bond donors (Lipinski definition) is 2. The number of nitrogens with zero attached hydrogens (tertiary/aromatic N) is 2.